The van der Waals surface area contributed by atoms with Gasteiger partial charge in [0.1, 0.15) is 0 Å². The maximum absolute atomic E-state index is 12.9. The highest BCUT2D eigenvalue weighted by atomic mass is 16.2. The van der Waals surface area contributed by atoms with Gasteiger partial charge in [-0.25, -0.2) is 0 Å². The molecule has 5 rings (SSSR count). The number of aromatic amines is 1. The van der Waals surface area contributed by atoms with E-state index < -0.39 is 0 Å². The van der Waals surface area contributed by atoms with Crippen molar-refractivity contribution in [3.05, 3.63) is 65.5 Å². The molecule has 2 aliphatic rings. The summed E-state index contributed by atoms with van der Waals surface area (Å²) in [5, 5.41) is 2.88. The van der Waals surface area contributed by atoms with Gasteiger partial charge in [0, 0.05) is 60.3 Å². The average molecular weight is 429 g/mol. The first kappa shape index (κ1) is 20.5. The fourth-order valence-corrected chi connectivity index (χ4v) is 4.83. The van der Waals surface area contributed by atoms with E-state index in [-0.39, 0.29) is 11.8 Å². The van der Waals surface area contributed by atoms with E-state index in [1.807, 2.05) is 54.4 Å². The van der Waals surface area contributed by atoms with Gasteiger partial charge in [-0.1, -0.05) is 31.4 Å². The molecule has 3 heterocycles. The molecule has 0 spiro atoms. The smallest absolute Gasteiger partial charge is 0.253 e. The molecule has 1 aliphatic heterocycles. The summed E-state index contributed by atoms with van der Waals surface area (Å²) in [6.07, 6.45) is 8.47. The van der Waals surface area contributed by atoms with E-state index in [0.29, 0.717) is 18.2 Å². The molecular formula is C26H28N4O2. The normalized spacial score (nSPS) is 16.3. The standard InChI is InChI=1S/C26H28N4O2/c1-30(20-5-3-2-4-6-20)26(32)18-9-7-17(8-10-18)23-15-19(11-13-27-23)24-16-21-22(29-24)12-14-28-25(21)31/h7-11,13,15-16,20,29H,2-6,12,14H2,1H3,(H,28,31). The van der Waals surface area contributed by atoms with Crippen molar-refractivity contribution in [1.82, 2.24) is 20.2 Å². The van der Waals surface area contributed by atoms with E-state index in [1.54, 1.807) is 6.20 Å². The largest absolute Gasteiger partial charge is 0.358 e. The van der Waals surface area contributed by atoms with Crippen molar-refractivity contribution in [2.75, 3.05) is 13.6 Å². The van der Waals surface area contributed by atoms with Crippen LogP contribution in [0.1, 0.15) is 58.5 Å². The Kier molecular flexibility index (Phi) is 5.52. The third-order valence-electron chi connectivity index (χ3n) is 6.75. The number of hydrogen-bond donors (Lipinski definition) is 2. The summed E-state index contributed by atoms with van der Waals surface area (Å²) in [4.78, 5) is 34.8. The number of carbonyl (C=O) groups is 2. The van der Waals surface area contributed by atoms with E-state index in [4.69, 9.17) is 0 Å². The van der Waals surface area contributed by atoms with Gasteiger partial charge in [0.15, 0.2) is 0 Å². The van der Waals surface area contributed by atoms with Gasteiger partial charge in [0.2, 0.25) is 0 Å². The van der Waals surface area contributed by atoms with Crippen LogP contribution in [0.5, 0.6) is 0 Å². The topological polar surface area (TPSA) is 78.1 Å². The molecular weight excluding hydrogens is 400 g/mol. The maximum atomic E-state index is 12.9. The first-order valence-electron chi connectivity index (χ1n) is 11.4. The molecule has 0 saturated heterocycles. The number of pyridine rings is 1. The molecule has 32 heavy (non-hydrogen) atoms. The number of carbonyl (C=O) groups excluding carboxylic acids is 2. The molecule has 2 amide bonds. The van der Waals surface area contributed by atoms with Crippen LogP contribution in [-0.4, -0.2) is 46.3 Å². The van der Waals surface area contributed by atoms with Gasteiger partial charge < -0.3 is 15.2 Å². The molecule has 1 aliphatic carbocycles. The fraction of sp³-hybridized carbons (Fsp3) is 0.346. The van der Waals surface area contributed by atoms with Crippen LogP contribution in [0.4, 0.5) is 0 Å². The highest BCUT2D eigenvalue weighted by Gasteiger charge is 2.23. The zero-order valence-electron chi connectivity index (χ0n) is 18.4. The zero-order valence-corrected chi connectivity index (χ0v) is 18.4. The van der Waals surface area contributed by atoms with Crippen molar-refractivity contribution in [3.63, 3.8) is 0 Å². The molecule has 0 bridgehead atoms. The van der Waals surface area contributed by atoms with Gasteiger partial charge in [0.05, 0.1) is 11.3 Å². The summed E-state index contributed by atoms with van der Waals surface area (Å²) in [7, 11) is 1.92. The summed E-state index contributed by atoms with van der Waals surface area (Å²) < 4.78 is 0. The summed E-state index contributed by atoms with van der Waals surface area (Å²) in [5.74, 6) is 0.0573. The summed E-state index contributed by atoms with van der Waals surface area (Å²) in [5.41, 5.74) is 6.09. The molecule has 0 radical (unpaired) electrons. The third kappa shape index (κ3) is 3.93. The Labute approximate surface area is 188 Å². The molecule has 6 heteroatoms. The minimum absolute atomic E-state index is 0.0264. The Morgan fingerprint density at radius 2 is 1.81 bits per heavy atom. The molecule has 0 unspecified atom stereocenters. The number of hydrogen-bond acceptors (Lipinski definition) is 3. The van der Waals surface area contributed by atoms with E-state index in [2.05, 4.69) is 15.3 Å². The second-order valence-corrected chi connectivity index (χ2v) is 8.80. The van der Waals surface area contributed by atoms with Crippen molar-refractivity contribution in [3.8, 4) is 22.5 Å². The molecule has 3 aromatic rings. The lowest BCUT2D eigenvalue weighted by atomic mass is 9.94. The molecule has 2 N–H and O–H groups in total. The Morgan fingerprint density at radius 3 is 2.56 bits per heavy atom. The van der Waals surface area contributed by atoms with E-state index in [1.165, 1.54) is 19.3 Å². The minimum atomic E-state index is -0.0264. The van der Waals surface area contributed by atoms with Crippen LogP contribution < -0.4 is 5.32 Å². The predicted molar refractivity (Wildman–Crippen MR) is 124 cm³/mol. The molecule has 1 aromatic carbocycles. The fourth-order valence-electron chi connectivity index (χ4n) is 4.83. The molecule has 1 fully saturated rings. The molecule has 0 atom stereocenters. The van der Waals surface area contributed by atoms with Crippen molar-refractivity contribution in [2.24, 2.45) is 0 Å². The quantitative estimate of drug-likeness (QED) is 0.645. The molecule has 6 nitrogen and oxygen atoms in total. The summed E-state index contributed by atoms with van der Waals surface area (Å²) in [6, 6.07) is 13.9. The number of H-pyrrole nitrogens is 1. The third-order valence-corrected chi connectivity index (χ3v) is 6.75. The average Bonchev–Trinajstić information content (AvgIpc) is 3.30. The summed E-state index contributed by atoms with van der Waals surface area (Å²) in [6.45, 7) is 0.661. The number of rotatable bonds is 4. The van der Waals surface area contributed by atoms with Crippen molar-refractivity contribution < 1.29 is 9.59 Å². The van der Waals surface area contributed by atoms with Crippen molar-refractivity contribution in [1.29, 1.82) is 0 Å². The monoisotopic (exact) mass is 428 g/mol. The van der Waals surface area contributed by atoms with Gasteiger partial charge >= 0.3 is 0 Å². The van der Waals surface area contributed by atoms with Crippen molar-refractivity contribution >= 4 is 11.8 Å². The number of benzene rings is 1. The Balaban J connectivity index is 1.36. The highest BCUT2D eigenvalue weighted by Crippen LogP contribution is 2.28. The molecule has 2 aromatic heterocycles. The van der Waals surface area contributed by atoms with Crippen LogP contribution in [0.3, 0.4) is 0 Å². The highest BCUT2D eigenvalue weighted by molar-refractivity contribution is 5.98. The lowest BCUT2D eigenvalue weighted by molar-refractivity contribution is 0.0696. The number of amides is 2. The van der Waals surface area contributed by atoms with Gasteiger partial charge in [-0.3, -0.25) is 14.6 Å². The van der Waals surface area contributed by atoms with E-state index >= 15 is 0 Å². The predicted octanol–water partition coefficient (Wildman–Crippen LogP) is 4.43. The van der Waals surface area contributed by atoms with Crippen LogP contribution >= 0.6 is 0 Å². The summed E-state index contributed by atoms with van der Waals surface area (Å²) >= 11 is 0. The van der Waals surface area contributed by atoms with Crippen LogP contribution in [-0.2, 0) is 6.42 Å². The van der Waals surface area contributed by atoms with Crippen LogP contribution in [0, 0.1) is 0 Å². The Morgan fingerprint density at radius 1 is 1.03 bits per heavy atom. The first-order valence-corrected chi connectivity index (χ1v) is 11.4. The number of nitrogens with one attached hydrogen (secondary N) is 2. The second kappa shape index (κ2) is 8.61. The van der Waals surface area contributed by atoms with Crippen LogP contribution in [0.15, 0.2) is 48.7 Å². The van der Waals surface area contributed by atoms with Gasteiger partial charge in [-0.05, 0) is 43.2 Å². The molecule has 164 valence electrons. The van der Waals surface area contributed by atoms with E-state index in [0.717, 1.165) is 53.0 Å². The van der Waals surface area contributed by atoms with Crippen LogP contribution in [0.2, 0.25) is 0 Å². The van der Waals surface area contributed by atoms with Gasteiger partial charge in [-0.15, -0.1) is 0 Å². The number of fused-ring (bicyclic) bond motifs is 1. The van der Waals surface area contributed by atoms with Crippen LogP contribution in [0.25, 0.3) is 22.5 Å². The second-order valence-electron chi connectivity index (χ2n) is 8.80. The zero-order chi connectivity index (χ0) is 22.1. The number of aromatic nitrogens is 2. The molecule has 1 saturated carbocycles. The Hall–Kier alpha value is -3.41. The first-order chi connectivity index (χ1) is 15.6. The lowest BCUT2D eigenvalue weighted by Crippen LogP contribution is -2.38. The Bertz CT molecular complexity index is 1140. The van der Waals surface area contributed by atoms with Gasteiger partial charge in [-0.2, -0.15) is 0 Å². The maximum Gasteiger partial charge on any atom is 0.253 e. The van der Waals surface area contributed by atoms with E-state index in [9.17, 15) is 9.59 Å². The van der Waals surface area contributed by atoms with Crippen molar-refractivity contribution in [2.45, 2.75) is 44.6 Å². The van der Waals surface area contributed by atoms with Gasteiger partial charge in [0.25, 0.3) is 11.8 Å². The lowest BCUT2D eigenvalue weighted by Gasteiger charge is -2.31. The number of nitrogens with zero attached hydrogens (tertiary/aromatic N) is 2. The minimum Gasteiger partial charge on any atom is -0.358 e. The SMILES string of the molecule is CN(C(=O)c1ccc(-c2cc(-c3cc4c([nH]3)CCNC4=O)ccn2)cc1)C1CCCCC1.